The van der Waals surface area contributed by atoms with Crippen LogP contribution in [-0.4, -0.2) is 61.9 Å². The molecule has 4 rings (SSSR count). The van der Waals surface area contributed by atoms with Crippen LogP contribution < -0.4 is 5.32 Å². The van der Waals surface area contributed by atoms with E-state index >= 15 is 0 Å². The summed E-state index contributed by atoms with van der Waals surface area (Å²) in [6.07, 6.45) is 9.85. The van der Waals surface area contributed by atoms with Gasteiger partial charge in [0.05, 0.1) is 0 Å². The Morgan fingerprint density at radius 3 is 2.53 bits per heavy atom. The first-order valence-electron chi connectivity index (χ1n) is 12.4. The molecule has 0 radical (unpaired) electrons. The molecule has 0 spiro atoms. The molecule has 1 N–H and O–H groups in total. The van der Waals surface area contributed by atoms with E-state index < -0.39 is 0 Å². The number of carbonyl (C=O) groups is 2. The molecule has 1 saturated heterocycles. The van der Waals surface area contributed by atoms with E-state index in [4.69, 9.17) is 0 Å². The highest BCUT2D eigenvalue weighted by molar-refractivity contribution is 5.80. The quantitative estimate of drug-likeness (QED) is 0.696. The second kappa shape index (κ2) is 8.11. The first-order chi connectivity index (χ1) is 14.2. The number of nitrogens with zero attached hydrogens (tertiary/aromatic N) is 2. The summed E-state index contributed by atoms with van der Waals surface area (Å²) < 4.78 is 0. The summed E-state index contributed by atoms with van der Waals surface area (Å²) in [6, 6.07) is 0.418. The number of fused-ring (bicyclic) bond motifs is 5. The molecular weight excluding hydrogens is 374 g/mol. The average molecular weight is 418 g/mol. The van der Waals surface area contributed by atoms with Crippen molar-refractivity contribution in [3.8, 4) is 0 Å². The maximum Gasteiger partial charge on any atom is 0.223 e. The molecule has 0 aromatic heterocycles. The van der Waals surface area contributed by atoms with Crippen molar-refractivity contribution in [2.24, 2.45) is 34.5 Å². The van der Waals surface area contributed by atoms with Gasteiger partial charge in [-0.05, 0) is 101 Å². The topological polar surface area (TPSA) is 52.7 Å². The Morgan fingerprint density at radius 2 is 1.80 bits per heavy atom. The first kappa shape index (κ1) is 22.1. The highest BCUT2D eigenvalue weighted by Crippen LogP contribution is 2.66. The molecular formula is C25H43N3O2. The number of hydrogen-bond donors (Lipinski definition) is 1. The van der Waals surface area contributed by atoms with Gasteiger partial charge in [0.15, 0.2) is 0 Å². The number of rotatable bonds is 5. The van der Waals surface area contributed by atoms with Gasteiger partial charge < -0.3 is 15.1 Å². The molecule has 2 unspecified atom stereocenters. The molecule has 4 aliphatic rings. The normalized spacial score (nSPS) is 43.2. The lowest BCUT2D eigenvalue weighted by Gasteiger charge is -2.61. The molecule has 1 heterocycles. The second-order valence-electron chi connectivity index (χ2n) is 11.6. The minimum absolute atomic E-state index is 0.159. The van der Waals surface area contributed by atoms with Gasteiger partial charge in [0.1, 0.15) is 0 Å². The molecule has 0 aromatic rings. The third kappa shape index (κ3) is 3.49. The van der Waals surface area contributed by atoms with E-state index in [-0.39, 0.29) is 16.7 Å². The molecule has 0 bridgehead atoms. The van der Waals surface area contributed by atoms with E-state index in [2.05, 4.69) is 43.1 Å². The van der Waals surface area contributed by atoms with Gasteiger partial charge in [0, 0.05) is 32.0 Å². The van der Waals surface area contributed by atoms with E-state index in [1.165, 1.54) is 25.7 Å². The van der Waals surface area contributed by atoms with Crippen molar-refractivity contribution in [1.29, 1.82) is 0 Å². The lowest BCUT2D eigenvalue weighted by atomic mass is 9.47. The molecule has 2 amide bonds. The summed E-state index contributed by atoms with van der Waals surface area (Å²) in [5, 5.41) is 3.26. The van der Waals surface area contributed by atoms with Crippen molar-refractivity contribution < 1.29 is 9.59 Å². The Labute approximate surface area is 183 Å². The number of amides is 2. The van der Waals surface area contributed by atoms with Crippen molar-refractivity contribution in [1.82, 2.24) is 15.1 Å². The maximum atomic E-state index is 13.1. The molecule has 3 aliphatic carbocycles. The molecule has 7 atom stereocenters. The van der Waals surface area contributed by atoms with Crippen LogP contribution >= 0.6 is 0 Å². The molecule has 4 fully saturated rings. The molecule has 170 valence electrons. The highest BCUT2D eigenvalue weighted by Gasteiger charge is 2.62. The third-order valence-corrected chi connectivity index (χ3v) is 9.96. The van der Waals surface area contributed by atoms with Crippen LogP contribution in [0.2, 0.25) is 0 Å². The fraction of sp³-hybridized carbons (Fsp3) is 0.920. The number of nitrogens with one attached hydrogen (secondary N) is 1. The van der Waals surface area contributed by atoms with Gasteiger partial charge >= 0.3 is 0 Å². The van der Waals surface area contributed by atoms with Crippen molar-refractivity contribution in [3.05, 3.63) is 0 Å². The Kier molecular flexibility index (Phi) is 5.97. The molecule has 1 aliphatic heterocycles. The minimum atomic E-state index is 0.159. The zero-order chi connectivity index (χ0) is 21.7. The Bertz CT molecular complexity index is 679. The number of carbonyl (C=O) groups excluding carboxylic acids is 2. The maximum absolute atomic E-state index is 13.1. The van der Waals surface area contributed by atoms with E-state index in [1.807, 2.05) is 7.05 Å². The molecule has 5 heteroatoms. The second-order valence-corrected chi connectivity index (χ2v) is 11.6. The summed E-state index contributed by atoms with van der Waals surface area (Å²) in [5.41, 5.74) is 0.422. The van der Waals surface area contributed by atoms with Crippen LogP contribution in [0.3, 0.4) is 0 Å². The fourth-order valence-electron chi connectivity index (χ4n) is 8.31. The Hall–Kier alpha value is -1.10. The lowest BCUT2D eigenvalue weighted by molar-refractivity contribution is -0.159. The fourth-order valence-corrected chi connectivity index (χ4v) is 8.31. The van der Waals surface area contributed by atoms with E-state index in [0.29, 0.717) is 36.1 Å². The molecule has 5 nitrogen and oxygen atoms in total. The monoisotopic (exact) mass is 417 g/mol. The number of piperidine rings is 1. The third-order valence-electron chi connectivity index (χ3n) is 9.96. The predicted molar refractivity (Wildman–Crippen MR) is 120 cm³/mol. The van der Waals surface area contributed by atoms with Crippen LogP contribution in [0.25, 0.3) is 0 Å². The van der Waals surface area contributed by atoms with Gasteiger partial charge in [-0.3, -0.25) is 9.59 Å². The zero-order valence-corrected chi connectivity index (χ0v) is 19.9. The molecule has 30 heavy (non-hydrogen) atoms. The summed E-state index contributed by atoms with van der Waals surface area (Å²) in [4.78, 5) is 29.7. The van der Waals surface area contributed by atoms with Crippen molar-refractivity contribution in [2.45, 2.75) is 77.7 Å². The predicted octanol–water partition coefficient (Wildman–Crippen LogP) is 3.53. The SMILES string of the molecule is CN(C)CCCNC(=O)C1CC[C@H]2[C@@H]3CCC4N(C)C(=O)CC[C@]4(C)[C@@H]3CC[C@]12C. The first-order valence-corrected chi connectivity index (χ1v) is 12.4. The van der Waals surface area contributed by atoms with Crippen LogP contribution in [0.1, 0.15) is 71.6 Å². The average Bonchev–Trinajstić information content (AvgIpc) is 3.05. The number of hydrogen-bond acceptors (Lipinski definition) is 3. The van der Waals surface area contributed by atoms with Gasteiger partial charge in [-0.25, -0.2) is 0 Å². The van der Waals surface area contributed by atoms with Crippen LogP contribution in [0.4, 0.5) is 0 Å². The van der Waals surface area contributed by atoms with Crippen LogP contribution in [0.5, 0.6) is 0 Å². The smallest absolute Gasteiger partial charge is 0.223 e. The zero-order valence-electron chi connectivity index (χ0n) is 19.9. The summed E-state index contributed by atoms with van der Waals surface area (Å²) in [5.74, 6) is 2.95. The minimum Gasteiger partial charge on any atom is -0.356 e. The van der Waals surface area contributed by atoms with Gasteiger partial charge in [-0.15, -0.1) is 0 Å². The van der Waals surface area contributed by atoms with E-state index in [1.54, 1.807) is 0 Å². The van der Waals surface area contributed by atoms with Gasteiger partial charge in [0.2, 0.25) is 11.8 Å². The molecule has 3 saturated carbocycles. The summed E-state index contributed by atoms with van der Waals surface area (Å²) in [6.45, 7) is 6.71. The van der Waals surface area contributed by atoms with Crippen molar-refractivity contribution in [3.63, 3.8) is 0 Å². The summed E-state index contributed by atoms with van der Waals surface area (Å²) in [7, 11) is 6.19. The number of likely N-dealkylation sites (tertiary alicyclic amines) is 1. The van der Waals surface area contributed by atoms with E-state index in [0.717, 1.165) is 44.7 Å². The standard InChI is InChI=1S/C25H43N3O2/c1-24-13-11-19-17(7-10-21-25(19,2)14-12-22(29)28(21)5)18(24)8-9-20(24)23(30)26-15-6-16-27(3)4/h17-21H,6-16H2,1-5H3,(H,26,30)/t17-,18-,19+,20?,21?,24-,25+/m0/s1. The van der Waals surface area contributed by atoms with Gasteiger partial charge in [-0.2, -0.15) is 0 Å². The summed E-state index contributed by atoms with van der Waals surface area (Å²) >= 11 is 0. The Balaban J connectivity index is 1.45. The van der Waals surface area contributed by atoms with Gasteiger partial charge in [0.25, 0.3) is 0 Å². The molecule has 0 aromatic carbocycles. The Morgan fingerprint density at radius 1 is 1.07 bits per heavy atom. The lowest BCUT2D eigenvalue weighted by Crippen LogP contribution is -2.61. The van der Waals surface area contributed by atoms with Crippen molar-refractivity contribution in [2.75, 3.05) is 34.2 Å². The van der Waals surface area contributed by atoms with E-state index in [9.17, 15) is 9.59 Å². The van der Waals surface area contributed by atoms with Crippen LogP contribution in [0.15, 0.2) is 0 Å². The van der Waals surface area contributed by atoms with Crippen molar-refractivity contribution >= 4 is 11.8 Å². The largest absolute Gasteiger partial charge is 0.356 e. The van der Waals surface area contributed by atoms with Crippen LogP contribution in [0, 0.1) is 34.5 Å². The highest BCUT2D eigenvalue weighted by atomic mass is 16.2. The van der Waals surface area contributed by atoms with Crippen LogP contribution in [-0.2, 0) is 9.59 Å². The van der Waals surface area contributed by atoms with Gasteiger partial charge in [-0.1, -0.05) is 13.8 Å².